The Morgan fingerprint density at radius 2 is 2.14 bits per heavy atom. The molecule has 1 unspecified atom stereocenters. The first kappa shape index (κ1) is 21.0. The van der Waals surface area contributed by atoms with Crippen molar-refractivity contribution in [3.05, 3.63) is 65.6 Å². The van der Waals surface area contributed by atoms with Gasteiger partial charge in [-0.15, -0.1) is 12.4 Å². The third-order valence-electron chi connectivity index (χ3n) is 5.13. The van der Waals surface area contributed by atoms with Crippen molar-refractivity contribution in [2.45, 2.75) is 25.3 Å². The van der Waals surface area contributed by atoms with Gasteiger partial charge in [-0.1, -0.05) is 35.5 Å². The van der Waals surface area contributed by atoms with Gasteiger partial charge in [0.15, 0.2) is 5.82 Å². The second kappa shape index (κ2) is 9.19. The average Bonchev–Trinajstić information content (AvgIpc) is 3.42. The molecule has 154 valence electrons. The van der Waals surface area contributed by atoms with Crippen molar-refractivity contribution >= 4 is 18.3 Å². The molecule has 0 aliphatic carbocycles. The van der Waals surface area contributed by atoms with Crippen LogP contribution < -0.4 is 10.6 Å². The van der Waals surface area contributed by atoms with Crippen molar-refractivity contribution in [3.63, 3.8) is 0 Å². The number of carbonyl (C=O) groups is 1. The number of aryl methyl sites for hydroxylation is 1. The molecular formula is C20H25ClN6O2. The number of hydrogen-bond donors (Lipinski definition) is 2. The van der Waals surface area contributed by atoms with E-state index in [1.807, 2.05) is 56.7 Å². The lowest BCUT2D eigenvalue weighted by molar-refractivity contribution is -0.125. The van der Waals surface area contributed by atoms with Gasteiger partial charge in [-0.2, -0.15) is 10.1 Å². The molecule has 29 heavy (non-hydrogen) atoms. The maximum atomic E-state index is 12.9. The Morgan fingerprint density at radius 3 is 2.86 bits per heavy atom. The lowest BCUT2D eigenvalue weighted by Gasteiger charge is -2.19. The van der Waals surface area contributed by atoms with Crippen molar-refractivity contribution in [1.82, 2.24) is 30.6 Å². The van der Waals surface area contributed by atoms with E-state index in [0.717, 1.165) is 17.7 Å². The maximum absolute atomic E-state index is 12.9. The quantitative estimate of drug-likeness (QED) is 0.637. The molecule has 3 atom stereocenters. The Morgan fingerprint density at radius 1 is 1.34 bits per heavy atom. The minimum Gasteiger partial charge on any atom is -0.346 e. The summed E-state index contributed by atoms with van der Waals surface area (Å²) >= 11 is 0. The summed E-state index contributed by atoms with van der Waals surface area (Å²) in [5, 5.41) is 14.6. The molecule has 8 nitrogen and oxygen atoms in total. The Hall–Kier alpha value is -2.71. The summed E-state index contributed by atoms with van der Waals surface area (Å²) in [4.78, 5) is 17.3. The molecule has 1 aliphatic rings. The van der Waals surface area contributed by atoms with E-state index in [2.05, 4.69) is 25.9 Å². The van der Waals surface area contributed by atoms with Crippen LogP contribution in [0.3, 0.4) is 0 Å². The molecule has 1 aromatic carbocycles. The molecule has 0 spiro atoms. The first-order valence-electron chi connectivity index (χ1n) is 9.46. The molecular weight excluding hydrogens is 392 g/mol. The third kappa shape index (κ3) is 4.83. The molecule has 0 saturated carbocycles. The second-order valence-corrected chi connectivity index (χ2v) is 7.26. The van der Waals surface area contributed by atoms with E-state index in [0.29, 0.717) is 24.7 Å². The van der Waals surface area contributed by atoms with Crippen LogP contribution in [0, 0.1) is 5.92 Å². The van der Waals surface area contributed by atoms with Crippen LogP contribution in [-0.2, 0) is 18.3 Å². The molecule has 1 aliphatic heterocycles. The fourth-order valence-electron chi connectivity index (χ4n) is 3.61. The van der Waals surface area contributed by atoms with E-state index in [4.69, 9.17) is 4.52 Å². The third-order valence-corrected chi connectivity index (χ3v) is 5.13. The minimum atomic E-state index is -0.323. The molecule has 3 aromatic rings. The topological polar surface area (TPSA) is 97.9 Å². The van der Waals surface area contributed by atoms with E-state index >= 15 is 0 Å². The zero-order chi connectivity index (χ0) is 19.5. The zero-order valence-electron chi connectivity index (χ0n) is 16.4. The van der Waals surface area contributed by atoms with Gasteiger partial charge >= 0.3 is 0 Å². The Labute approximate surface area is 175 Å². The smallest absolute Gasteiger partial charge is 0.231 e. The minimum absolute atomic E-state index is 0. The van der Waals surface area contributed by atoms with Crippen LogP contribution in [0.2, 0.25) is 0 Å². The zero-order valence-corrected chi connectivity index (χ0v) is 17.2. The monoisotopic (exact) mass is 416 g/mol. The fourth-order valence-corrected chi connectivity index (χ4v) is 3.61. The summed E-state index contributed by atoms with van der Waals surface area (Å²) in [5.41, 5.74) is 2.18. The van der Waals surface area contributed by atoms with Gasteiger partial charge in [-0.05, 0) is 18.1 Å². The Bertz CT molecular complexity index is 941. The summed E-state index contributed by atoms with van der Waals surface area (Å²) in [6, 6.07) is 9.63. The summed E-state index contributed by atoms with van der Waals surface area (Å²) in [6.45, 7) is 3.28. The van der Waals surface area contributed by atoms with Crippen molar-refractivity contribution in [2.75, 3.05) is 13.1 Å². The van der Waals surface area contributed by atoms with E-state index in [1.54, 1.807) is 4.68 Å². The lowest BCUT2D eigenvalue weighted by atomic mass is 9.90. The van der Waals surface area contributed by atoms with Gasteiger partial charge in [0.05, 0.1) is 24.6 Å². The number of amides is 1. The number of nitrogens with one attached hydrogen (secondary N) is 2. The highest BCUT2D eigenvalue weighted by Crippen LogP contribution is 2.28. The van der Waals surface area contributed by atoms with Gasteiger partial charge in [0, 0.05) is 32.3 Å². The van der Waals surface area contributed by atoms with Crippen LogP contribution in [0.4, 0.5) is 0 Å². The largest absolute Gasteiger partial charge is 0.346 e. The summed E-state index contributed by atoms with van der Waals surface area (Å²) < 4.78 is 7.12. The predicted octanol–water partition coefficient (Wildman–Crippen LogP) is 2.00. The van der Waals surface area contributed by atoms with E-state index in [9.17, 15) is 4.79 Å². The standard InChI is InChI=1S/C20H24N6O2.ClH/c1-13(19-24-18(28-25-19)8-14-6-4-3-5-7-14)23-20(27)17-11-21-10-16(17)15-9-22-26(2)12-15;/h3-7,9,12-13,16-17,21H,8,10-11H2,1-2H3,(H,23,27);1H/t13?,16-,17+;/m1./s1. The Kier molecular flexibility index (Phi) is 6.66. The van der Waals surface area contributed by atoms with Gasteiger partial charge in [0.2, 0.25) is 11.8 Å². The maximum Gasteiger partial charge on any atom is 0.231 e. The number of aromatic nitrogens is 4. The number of rotatable bonds is 6. The van der Waals surface area contributed by atoms with E-state index < -0.39 is 0 Å². The van der Waals surface area contributed by atoms with Crippen LogP contribution in [0.1, 0.15) is 41.7 Å². The molecule has 0 radical (unpaired) electrons. The number of hydrogen-bond acceptors (Lipinski definition) is 6. The van der Waals surface area contributed by atoms with E-state index in [-0.39, 0.29) is 36.2 Å². The van der Waals surface area contributed by atoms with Crippen LogP contribution in [0.5, 0.6) is 0 Å². The summed E-state index contributed by atoms with van der Waals surface area (Å²) in [6.07, 6.45) is 4.37. The van der Waals surface area contributed by atoms with Crippen LogP contribution in [-0.4, -0.2) is 38.9 Å². The molecule has 2 aromatic heterocycles. The second-order valence-electron chi connectivity index (χ2n) is 7.26. The molecule has 2 N–H and O–H groups in total. The van der Waals surface area contributed by atoms with E-state index in [1.165, 1.54) is 0 Å². The van der Waals surface area contributed by atoms with Gasteiger partial charge in [0.1, 0.15) is 0 Å². The molecule has 1 saturated heterocycles. The van der Waals surface area contributed by atoms with Gasteiger partial charge in [-0.25, -0.2) is 0 Å². The average molecular weight is 417 g/mol. The van der Waals surface area contributed by atoms with Gasteiger partial charge < -0.3 is 15.2 Å². The van der Waals surface area contributed by atoms with Crippen LogP contribution >= 0.6 is 12.4 Å². The molecule has 1 fully saturated rings. The number of carbonyl (C=O) groups excluding carboxylic acids is 1. The van der Waals surface area contributed by atoms with Gasteiger partial charge in [-0.3, -0.25) is 9.48 Å². The lowest BCUT2D eigenvalue weighted by Crippen LogP contribution is -2.36. The first-order chi connectivity index (χ1) is 13.6. The van der Waals surface area contributed by atoms with Gasteiger partial charge in [0.25, 0.3) is 0 Å². The summed E-state index contributed by atoms with van der Waals surface area (Å²) in [5.74, 6) is 0.976. The molecule has 4 rings (SSSR count). The summed E-state index contributed by atoms with van der Waals surface area (Å²) in [7, 11) is 1.88. The molecule has 1 amide bonds. The highest BCUT2D eigenvalue weighted by Gasteiger charge is 2.35. The number of halogens is 1. The predicted molar refractivity (Wildman–Crippen MR) is 110 cm³/mol. The molecule has 0 bridgehead atoms. The van der Waals surface area contributed by atoms with Crippen molar-refractivity contribution < 1.29 is 9.32 Å². The number of benzene rings is 1. The first-order valence-corrected chi connectivity index (χ1v) is 9.46. The SMILES string of the molecule is CC(NC(=O)[C@H]1CNC[C@@H]1c1cnn(C)c1)c1noc(Cc2ccccc2)n1.Cl. The molecule has 3 heterocycles. The highest BCUT2D eigenvalue weighted by atomic mass is 35.5. The van der Waals surface area contributed by atoms with Crippen LogP contribution in [0.25, 0.3) is 0 Å². The highest BCUT2D eigenvalue weighted by molar-refractivity contribution is 5.85. The number of nitrogens with zero attached hydrogens (tertiary/aromatic N) is 4. The van der Waals surface area contributed by atoms with Crippen molar-refractivity contribution in [1.29, 1.82) is 0 Å². The normalized spacial score (nSPS) is 19.5. The molecule has 9 heteroatoms. The Balaban J connectivity index is 0.00000240. The van der Waals surface area contributed by atoms with Crippen molar-refractivity contribution in [2.24, 2.45) is 13.0 Å². The fraction of sp³-hybridized carbons (Fsp3) is 0.400. The van der Waals surface area contributed by atoms with Crippen LogP contribution in [0.15, 0.2) is 47.2 Å². The van der Waals surface area contributed by atoms with Crippen molar-refractivity contribution in [3.8, 4) is 0 Å².